The SMILES string of the molecule is C=Cc1ccn[nH]1.CC.[HH]. The van der Waals surface area contributed by atoms with Crippen LogP contribution in [-0.4, -0.2) is 10.2 Å². The molecule has 0 saturated heterocycles. The van der Waals surface area contributed by atoms with E-state index >= 15 is 0 Å². The molecule has 1 N–H and O–H groups in total. The molecule has 0 saturated carbocycles. The van der Waals surface area contributed by atoms with E-state index in [-0.39, 0.29) is 1.43 Å². The summed E-state index contributed by atoms with van der Waals surface area (Å²) < 4.78 is 0. The fourth-order valence-corrected chi connectivity index (χ4v) is 0.380. The highest BCUT2D eigenvalue weighted by atomic mass is 15.1. The first-order chi connectivity index (χ1) is 4.43. The van der Waals surface area contributed by atoms with Crippen LogP contribution in [0, 0.1) is 0 Å². The lowest BCUT2D eigenvalue weighted by Crippen LogP contribution is -1.66. The fraction of sp³-hybridized carbons (Fsp3) is 0.286. The average Bonchev–Trinajstić information content (AvgIpc) is 2.43. The summed E-state index contributed by atoms with van der Waals surface area (Å²) >= 11 is 0. The van der Waals surface area contributed by atoms with Gasteiger partial charge < -0.3 is 0 Å². The van der Waals surface area contributed by atoms with E-state index in [9.17, 15) is 0 Å². The van der Waals surface area contributed by atoms with Crippen molar-refractivity contribution in [1.82, 2.24) is 10.2 Å². The molecule has 0 unspecified atom stereocenters. The van der Waals surface area contributed by atoms with Crippen LogP contribution in [0.15, 0.2) is 18.8 Å². The minimum absolute atomic E-state index is 0. The summed E-state index contributed by atoms with van der Waals surface area (Å²) in [5, 5.41) is 6.42. The van der Waals surface area contributed by atoms with Crippen molar-refractivity contribution < 1.29 is 1.43 Å². The van der Waals surface area contributed by atoms with Crippen LogP contribution in [0.2, 0.25) is 0 Å². The molecule has 0 aromatic carbocycles. The highest BCUT2D eigenvalue weighted by Gasteiger charge is 1.77. The van der Waals surface area contributed by atoms with Gasteiger partial charge in [0.15, 0.2) is 0 Å². The van der Waals surface area contributed by atoms with Gasteiger partial charge in [0.05, 0.1) is 5.69 Å². The van der Waals surface area contributed by atoms with Crippen molar-refractivity contribution in [1.29, 1.82) is 0 Å². The van der Waals surface area contributed by atoms with Gasteiger partial charge in [0.25, 0.3) is 0 Å². The lowest BCUT2D eigenvalue weighted by Gasteiger charge is -1.72. The Hall–Kier alpha value is -1.05. The van der Waals surface area contributed by atoms with Crippen molar-refractivity contribution in [3.8, 4) is 0 Å². The molecule has 0 aliphatic rings. The van der Waals surface area contributed by atoms with Crippen molar-refractivity contribution in [3.05, 3.63) is 24.5 Å². The highest BCUT2D eigenvalue weighted by Crippen LogP contribution is 1.89. The summed E-state index contributed by atoms with van der Waals surface area (Å²) in [6, 6.07) is 1.85. The lowest BCUT2D eigenvalue weighted by molar-refractivity contribution is 1.08. The van der Waals surface area contributed by atoms with Gasteiger partial charge in [0.2, 0.25) is 0 Å². The largest absolute Gasteiger partial charge is 0.278 e. The maximum Gasteiger partial charge on any atom is 0.0571 e. The van der Waals surface area contributed by atoms with Crippen molar-refractivity contribution in [3.63, 3.8) is 0 Å². The molecular formula is C7H14N2. The second kappa shape index (κ2) is 5.09. The number of rotatable bonds is 1. The molecule has 0 atom stereocenters. The van der Waals surface area contributed by atoms with Gasteiger partial charge >= 0.3 is 0 Å². The zero-order chi connectivity index (χ0) is 7.11. The average molecular weight is 126 g/mol. The fourth-order valence-electron chi connectivity index (χ4n) is 0.380. The molecule has 2 nitrogen and oxygen atoms in total. The quantitative estimate of drug-likeness (QED) is 0.614. The summed E-state index contributed by atoms with van der Waals surface area (Å²) in [5.74, 6) is 0. The molecule has 0 fully saturated rings. The number of nitrogens with zero attached hydrogens (tertiary/aromatic N) is 1. The third-order valence-corrected chi connectivity index (χ3v) is 0.742. The Balaban J connectivity index is 0. The number of nitrogens with one attached hydrogen (secondary N) is 1. The summed E-state index contributed by atoms with van der Waals surface area (Å²) in [5.41, 5.74) is 0.958. The van der Waals surface area contributed by atoms with Crippen LogP contribution in [0.1, 0.15) is 21.0 Å². The first-order valence-corrected chi connectivity index (χ1v) is 3.05. The minimum atomic E-state index is 0. The first kappa shape index (κ1) is 7.95. The Labute approximate surface area is 57.1 Å². The zero-order valence-electron chi connectivity index (χ0n) is 5.89. The Morgan fingerprint density at radius 2 is 2.44 bits per heavy atom. The molecule has 1 aromatic rings. The van der Waals surface area contributed by atoms with Crippen LogP contribution >= 0.6 is 0 Å². The first-order valence-electron chi connectivity index (χ1n) is 3.05. The van der Waals surface area contributed by atoms with E-state index in [0.717, 1.165) is 5.69 Å². The molecule has 0 aliphatic carbocycles. The Kier molecular flexibility index (Phi) is 4.50. The topological polar surface area (TPSA) is 28.7 Å². The van der Waals surface area contributed by atoms with E-state index in [2.05, 4.69) is 16.8 Å². The second-order valence-electron chi connectivity index (χ2n) is 1.22. The van der Waals surface area contributed by atoms with E-state index in [1.165, 1.54) is 0 Å². The van der Waals surface area contributed by atoms with Crippen LogP contribution in [0.4, 0.5) is 0 Å². The van der Waals surface area contributed by atoms with Gasteiger partial charge in [0.1, 0.15) is 0 Å². The normalized spacial score (nSPS) is 7.33. The second-order valence-corrected chi connectivity index (χ2v) is 1.22. The summed E-state index contributed by atoms with van der Waals surface area (Å²) in [6.45, 7) is 7.53. The van der Waals surface area contributed by atoms with Crippen LogP contribution in [0.25, 0.3) is 6.08 Å². The molecule has 52 valence electrons. The predicted molar refractivity (Wildman–Crippen MR) is 42.1 cm³/mol. The molecule has 1 heterocycles. The molecule has 0 aliphatic heterocycles. The lowest BCUT2D eigenvalue weighted by atomic mass is 10.4. The molecule has 0 bridgehead atoms. The van der Waals surface area contributed by atoms with Crippen molar-refractivity contribution in [2.75, 3.05) is 0 Å². The zero-order valence-corrected chi connectivity index (χ0v) is 5.89. The van der Waals surface area contributed by atoms with E-state index in [0.29, 0.717) is 0 Å². The highest BCUT2D eigenvalue weighted by molar-refractivity contribution is 5.39. The molecular weight excluding hydrogens is 112 g/mol. The van der Waals surface area contributed by atoms with Gasteiger partial charge in [-0.15, -0.1) is 0 Å². The smallest absolute Gasteiger partial charge is 0.0571 e. The number of aromatic amines is 1. The number of hydrogen-bond donors (Lipinski definition) is 1. The third-order valence-electron chi connectivity index (χ3n) is 0.742. The van der Waals surface area contributed by atoms with Crippen LogP contribution in [0.3, 0.4) is 0 Å². The Morgan fingerprint density at radius 3 is 2.67 bits per heavy atom. The van der Waals surface area contributed by atoms with Crippen molar-refractivity contribution in [2.24, 2.45) is 0 Å². The number of aromatic nitrogens is 2. The van der Waals surface area contributed by atoms with E-state index in [1.807, 2.05) is 19.9 Å². The van der Waals surface area contributed by atoms with Crippen molar-refractivity contribution in [2.45, 2.75) is 13.8 Å². The molecule has 0 radical (unpaired) electrons. The number of H-pyrrole nitrogens is 1. The minimum Gasteiger partial charge on any atom is -0.278 e. The van der Waals surface area contributed by atoms with Crippen LogP contribution in [0.5, 0.6) is 0 Å². The Morgan fingerprint density at radius 1 is 1.78 bits per heavy atom. The van der Waals surface area contributed by atoms with Crippen LogP contribution < -0.4 is 0 Å². The number of hydrogen-bond acceptors (Lipinski definition) is 1. The maximum absolute atomic E-state index is 3.70. The standard InChI is InChI=1S/C5H6N2.C2H6.H2/c1-2-5-3-4-6-7-5;1-2;/h2-4H,1H2,(H,6,7);1-2H3;1H. The predicted octanol–water partition coefficient (Wildman–Crippen LogP) is 2.32. The third kappa shape index (κ3) is 2.69. The van der Waals surface area contributed by atoms with Gasteiger partial charge in [-0.3, -0.25) is 5.10 Å². The van der Waals surface area contributed by atoms with Gasteiger partial charge in [-0.05, 0) is 12.1 Å². The van der Waals surface area contributed by atoms with E-state index in [1.54, 1.807) is 12.3 Å². The maximum atomic E-state index is 3.70. The monoisotopic (exact) mass is 126 g/mol. The molecule has 2 heteroatoms. The molecule has 0 spiro atoms. The van der Waals surface area contributed by atoms with E-state index < -0.39 is 0 Å². The van der Waals surface area contributed by atoms with Crippen LogP contribution in [-0.2, 0) is 0 Å². The van der Waals surface area contributed by atoms with Gasteiger partial charge in [-0.2, -0.15) is 5.10 Å². The van der Waals surface area contributed by atoms with Gasteiger partial charge in [-0.25, -0.2) is 0 Å². The van der Waals surface area contributed by atoms with Gasteiger partial charge in [0, 0.05) is 7.62 Å². The van der Waals surface area contributed by atoms with Crippen molar-refractivity contribution >= 4 is 6.08 Å². The Bertz CT molecular complexity index is 147. The molecule has 9 heavy (non-hydrogen) atoms. The van der Waals surface area contributed by atoms with Gasteiger partial charge in [-0.1, -0.05) is 20.4 Å². The van der Waals surface area contributed by atoms with E-state index in [4.69, 9.17) is 0 Å². The molecule has 0 amide bonds. The summed E-state index contributed by atoms with van der Waals surface area (Å²) in [6.07, 6.45) is 3.41. The molecule has 1 aromatic heterocycles. The summed E-state index contributed by atoms with van der Waals surface area (Å²) in [7, 11) is 0. The summed E-state index contributed by atoms with van der Waals surface area (Å²) in [4.78, 5) is 0. The molecule has 1 rings (SSSR count).